The summed E-state index contributed by atoms with van der Waals surface area (Å²) in [5.74, 6) is -0.775. The number of aromatic nitrogens is 2. The number of aryl methyl sites for hydroxylation is 1. The highest BCUT2D eigenvalue weighted by molar-refractivity contribution is 7.80. The van der Waals surface area contributed by atoms with Crippen molar-refractivity contribution in [3.05, 3.63) is 45.4 Å². The number of rotatable bonds is 2. The minimum atomic E-state index is -0.634. The normalized spacial score (nSPS) is 17.3. The molecule has 2 amide bonds. The Morgan fingerprint density at radius 3 is 2.48 bits per heavy atom. The first kappa shape index (κ1) is 17.3. The van der Waals surface area contributed by atoms with Crippen molar-refractivity contribution in [2.24, 2.45) is 0 Å². The summed E-state index contributed by atoms with van der Waals surface area (Å²) in [6, 6.07) is 3.65. The SMILES string of the molecule is Cc1cccn2c(=O)c(C=C3C(=O)NC(=S)NC3=O)c(N3CCCC3)nc12. The van der Waals surface area contributed by atoms with E-state index >= 15 is 0 Å². The second kappa shape index (κ2) is 6.58. The van der Waals surface area contributed by atoms with Crippen LogP contribution in [0.4, 0.5) is 5.82 Å². The van der Waals surface area contributed by atoms with E-state index in [0.29, 0.717) is 11.5 Å². The van der Waals surface area contributed by atoms with E-state index in [9.17, 15) is 14.4 Å². The summed E-state index contributed by atoms with van der Waals surface area (Å²) in [4.78, 5) is 44.3. The van der Waals surface area contributed by atoms with Gasteiger partial charge < -0.3 is 4.90 Å². The molecule has 0 atom stereocenters. The van der Waals surface area contributed by atoms with Crippen LogP contribution in [0.3, 0.4) is 0 Å². The van der Waals surface area contributed by atoms with Crippen LogP contribution in [-0.2, 0) is 9.59 Å². The molecule has 2 saturated heterocycles. The van der Waals surface area contributed by atoms with Gasteiger partial charge >= 0.3 is 0 Å². The van der Waals surface area contributed by atoms with Gasteiger partial charge in [-0.15, -0.1) is 0 Å². The maximum Gasteiger partial charge on any atom is 0.267 e. The molecule has 8 nitrogen and oxygen atoms in total. The third-order valence-electron chi connectivity index (χ3n) is 4.70. The van der Waals surface area contributed by atoms with Gasteiger partial charge in [-0.2, -0.15) is 0 Å². The van der Waals surface area contributed by atoms with Gasteiger partial charge in [-0.25, -0.2) is 4.98 Å². The third kappa shape index (κ3) is 2.99. The Morgan fingerprint density at radius 1 is 1.15 bits per heavy atom. The number of hydrogen-bond acceptors (Lipinski definition) is 6. The Morgan fingerprint density at radius 2 is 1.81 bits per heavy atom. The molecule has 4 heterocycles. The topological polar surface area (TPSA) is 95.8 Å². The van der Waals surface area contributed by atoms with Crippen molar-refractivity contribution in [2.75, 3.05) is 18.0 Å². The fourth-order valence-electron chi connectivity index (χ4n) is 3.35. The number of amides is 2. The molecule has 4 rings (SSSR count). The van der Waals surface area contributed by atoms with E-state index in [4.69, 9.17) is 17.2 Å². The molecule has 138 valence electrons. The molecule has 27 heavy (non-hydrogen) atoms. The molecule has 2 N–H and O–H groups in total. The molecule has 2 aromatic heterocycles. The highest BCUT2D eigenvalue weighted by atomic mass is 32.1. The minimum absolute atomic E-state index is 0.0501. The Hall–Kier alpha value is -3.07. The van der Waals surface area contributed by atoms with Crippen molar-refractivity contribution in [3.63, 3.8) is 0 Å². The van der Waals surface area contributed by atoms with Crippen LogP contribution in [0.15, 0.2) is 28.7 Å². The second-order valence-electron chi connectivity index (χ2n) is 6.53. The number of carbonyl (C=O) groups excluding carboxylic acids is 2. The first-order valence-corrected chi connectivity index (χ1v) is 9.02. The van der Waals surface area contributed by atoms with Gasteiger partial charge in [0.2, 0.25) is 0 Å². The lowest BCUT2D eigenvalue weighted by Crippen LogP contribution is -2.51. The number of nitrogens with zero attached hydrogens (tertiary/aromatic N) is 3. The fourth-order valence-corrected chi connectivity index (χ4v) is 3.53. The van der Waals surface area contributed by atoms with Crippen LogP contribution in [0.25, 0.3) is 11.7 Å². The Kier molecular flexibility index (Phi) is 4.23. The Labute approximate surface area is 159 Å². The second-order valence-corrected chi connectivity index (χ2v) is 6.94. The highest BCUT2D eigenvalue weighted by Crippen LogP contribution is 2.24. The summed E-state index contributed by atoms with van der Waals surface area (Å²) in [6.45, 7) is 3.43. The zero-order chi connectivity index (χ0) is 19.1. The summed E-state index contributed by atoms with van der Waals surface area (Å²) in [5, 5.41) is 4.72. The Bertz CT molecular complexity index is 1060. The van der Waals surface area contributed by atoms with Crippen LogP contribution in [0.1, 0.15) is 24.0 Å². The quantitative estimate of drug-likeness (QED) is 0.446. The predicted octanol–water partition coefficient (Wildman–Crippen LogP) is 0.517. The molecule has 0 aromatic carbocycles. The lowest BCUT2D eigenvalue weighted by atomic mass is 10.1. The van der Waals surface area contributed by atoms with E-state index in [1.807, 2.05) is 17.9 Å². The molecule has 0 radical (unpaired) electrons. The van der Waals surface area contributed by atoms with Gasteiger partial charge in [0.25, 0.3) is 17.4 Å². The number of pyridine rings is 1. The molecule has 2 fully saturated rings. The van der Waals surface area contributed by atoms with Crippen LogP contribution in [-0.4, -0.2) is 39.4 Å². The number of carbonyl (C=O) groups is 2. The summed E-state index contributed by atoms with van der Waals surface area (Å²) >= 11 is 4.82. The molecule has 2 aliphatic rings. The Balaban J connectivity index is 1.97. The molecule has 0 saturated carbocycles. The molecule has 0 unspecified atom stereocenters. The number of fused-ring (bicyclic) bond motifs is 1. The van der Waals surface area contributed by atoms with Gasteiger partial charge in [-0.05, 0) is 49.7 Å². The van der Waals surface area contributed by atoms with Gasteiger partial charge in [0.05, 0.1) is 5.56 Å². The van der Waals surface area contributed by atoms with E-state index in [2.05, 4.69) is 10.6 Å². The van der Waals surface area contributed by atoms with E-state index in [1.54, 1.807) is 12.3 Å². The van der Waals surface area contributed by atoms with Crippen LogP contribution in [0, 0.1) is 6.92 Å². The van der Waals surface area contributed by atoms with Gasteiger partial charge in [0.15, 0.2) is 5.11 Å². The van der Waals surface area contributed by atoms with E-state index < -0.39 is 11.8 Å². The van der Waals surface area contributed by atoms with Crippen molar-refractivity contribution in [1.29, 1.82) is 0 Å². The lowest BCUT2D eigenvalue weighted by molar-refractivity contribution is -0.123. The maximum atomic E-state index is 13.2. The lowest BCUT2D eigenvalue weighted by Gasteiger charge is -2.21. The fraction of sp³-hybridized carbons (Fsp3) is 0.278. The average Bonchev–Trinajstić information content (AvgIpc) is 3.14. The van der Waals surface area contributed by atoms with Gasteiger partial charge in [0, 0.05) is 19.3 Å². The van der Waals surface area contributed by atoms with Crippen LogP contribution < -0.4 is 21.1 Å². The highest BCUT2D eigenvalue weighted by Gasteiger charge is 2.28. The van der Waals surface area contributed by atoms with E-state index in [0.717, 1.165) is 31.5 Å². The number of thiocarbonyl (C=S) groups is 1. The monoisotopic (exact) mass is 383 g/mol. The van der Waals surface area contributed by atoms with Crippen LogP contribution in [0.2, 0.25) is 0 Å². The van der Waals surface area contributed by atoms with Crippen molar-refractivity contribution >= 4 is 46.7 Å². The molecule has 2 aromatic rings. The molecular formula is C18H17N5O3S. The number of hydrogen-bond donors (Lipinski definition) is 2. The van der Waals surface area contributed by atoms with Crippen molar-refractivity contribution < 1.29 is 9.59 Å². The molecular weight excluding hydrogens is 366 g/mol. The average molecular weight is 383 g/mol. The van der Waals surface area contributed by atoms with Crippen LogP contribution in [0.5, 0.6) is 0 Å². The first-order chi connectivity index (χ1) is 13.0. The zero-order valence-corrected chi connectivity index (χ0v) is 15.4. The summed E-state index contributed by atoms with van der Waals surface area (Å²) in [6.07, 6.45) is 4.94. The van der Waals surface area contributed by atoms with Crippen LogP contribution >= 0.6 is 12.2 Å². The maximum absolute atomic E-state index is 13.2. The van der Waals surface area contributed by atoms with Crippen molar-refractivity contribution in [3.8, 4) is 0 Å². The molecule has 0 bridgehead atoms. The van der Waals surface area contributed by atoms with Gasteiger partial charge in [-0.3, -0.25) is 29.4 Å². The van der Waals surface area contributed by atoms with E-state index in [1.165, 1.54) is 10.5 Å². The molecule has 0 spiro atoms. The summed E-state index contributed by atoms with van der Waals surface area (Å²) in [5.41, 5.74) is 1.15. The van der Waals surface area contributed by atoms with E-state index in [-0.39, 0.29) is 21.8 Å². The van der Waals surface area contributed by atoms with Gasteiger partial charge in [0.1, 0.15) is 17.0 Å². The summed E-state index contributed by atoms with van der Waals surface area (Å²) in [7, 11) is 0. The zero-order valence-electron chi connectivity index (χ0n) is 14.6. The first-order valence-electron chi connectivity index (χ1n) is 8.61. The predicted molar refractivity (Wildman–Crippen MR) is 105 cm³/mol. The summed E-state index contributed by atoms with van der Waals surface area (Å²) < 4.78 is 1.44. The minimum Gasteiger partial charge on any atom is -0.356 e. The molecule has 9 heteroatoms. The number of nitrogens with one attached hydrogen (secondary N) is 2. The van der Waals surface area contributed by atoms with Crippen molar-refractivity contribution in [1.82, 2.24) is 20.0 Å². The van der Waals surface area contributed by atoms with Crippen molar-refractivity contribution in [2.45, 2.75) is 19.8 Å². The molecule has 0 aliphatic carbocycles. The smallest absolute Gasteiger partial charge is 0.267 e. The largest absolute Gasteiger partial charge is 0.356 e. The standard InChI is InChI=1S/C18H17N5O3S/c1-10-5-4-8-23-13(10)19-14(22-6-2-3-7-22)11(17(23)26)9-12-15(24)20-18(27)21-16(12)25/h4-5,8-9H,2-3,6-7H2,1H3,(H2,20,21,24,25,27). The molecule has 2 aliphatic heterocycles. The van der Waals surface area contributed by atoms with Gasteiger partial charge in [-0.1, -0.05) is 6.07 Å². The number of anilines is 1. The third-order valence-corrected chi connectivity index (χ3v) is 4.91.